The van der Waals surface area contributed by atoms with Gasteiger partial charge < -0.3 is 30.7 Å². The summed E-state index contributed by atoms with van der Waals surface area (Å²) < 4.78 is 0. The summed E-state index contributed by atoms with van der Waals surface area (Å²) in [4.78, 5) is 0. The van der Waals surface area contributed by atoms with E-state index in [-0.39, 0.29) is 68.3 Å². The Morgan fingerprint density at radius 3 is 0.300 bits per heavy atom. The van der Waals surface area contributed by atoms with Gasteiger partial charge in [-0.2, -0.15) is 72.8 Å². The molecule has 0 aliphatic heterocycles. The fourth-order valence-corrected chi connectivity index (χ4v) is 110. The van der Waals surface area contributed by atoms with Crippen LogP contribution in [0.1, 0.15) is 0 Å². The molecule has 16 heteroatoms. The first-order chi connectivity index (χ1) is 24.8. The van der Waals surface area contributed by atoms with E-state index in [4.69, 9.17) is 0 Å². The molecule has 348 valence electrons. The average Bonchev–Trinajstić information content (AvgIpc) is 3.75. The maximum absolute atomic E-state index is 2.45. The Hall–Kier alpha value is 2.93. The molecule has 4 radical (unpaired) electrons. The van der Waals surface area contributed by atoms with Crippen molar-refractivity contribution in [2.45, 2.75) is 157 Å². The summed E-state index contributed by atoms with van der Waals surface area (Å²) >= 11 is 0. The third kappa shape index (κ3) is 99.4. The predicted molar refractivity (Wildman–Crippen MR) is 303 cm³/mol. The van der Waals surface area contributed by atoms with Crippen molar-refractivity contribution in [2.24, 2.45) is 0 Å². The van der Waals surface area contributed by atoms with Crippen molar-refractivity contribution in [1.82, 2.24) is 0 Å². The molecule has 60 heavy (non-hydrogen) atoms. The molecule has 4 aromatic rings. The Labute approximate surface area is 434 Å². The molecule has 0 aliphatic carbocycles. The van der Waals surface area contributed by atoms with Gasteiger partial charge in [0.25, 0.3) is 0 Å². The molecule has 0 aromatic heterocycles. The van der Waals surface area contributed by atoms with Crippen LogP contribution in [0, 0.1) is 0 Å². The van der Waals surface area contributed by atoms with Crippen molar-refractivity contribution < 1.29 is 68.3 Å². The van der Waals surface area contributed by atoms with Crippen molar-refractivity contribution in [3.8, 4) is 0 Å². The van der Waals surface area contributed by atoms with Gasteiger partial charge in [0, 0.05) is 0 Å². The molecular formula is C44H92Mn4P4Si8. The van der Waals surface area contributed by atoms with E-state index in [1.54, 1.807) is 0 Å². The summed E-state index contributed by atoms with van der Waals surface area (Å²) in [7, 11) is 1.17. The van der Waals surface area contributed by atoms with Gasteiger partial charge in [-0.15, -0.1) is 61.9 Å². The Morgan fingerprint density at radius 2 is 0.283 bits per heavy atom. The van der Waals surface area contributed by atoms with E-state index < -0.39 is 61.9 Å². The van der Waals surface area contributed by atoms with Crippen LogP contribution < -0.4 is 0 Å². The van der Waals surface area contributed by atoms with Crippen LogP contribution in [0.2, 0.25) is 157 Å². The van der Waals surface area contributed by atoms with Gasteiger partial charge in [-0.25, -0.2) is 48.5 Å². The van der Waals surface area contributed by atoms with Gasteiger partial charge in [0.1, 0.15) is 0 Å². The normalized spacial score (nSPS) is 11.1. The van der Waals surface area contributed by atoms with Gasteiger partial charge in [-0.05, 0) is 0 Å². The molecule has 4 rings (SSSR count). The van der Waals surface area contributed by atoms with Crippen LogP contribution >= 0.6 is 30.7 Å². The van der Waals surface area contributed by atoms with E-state index in [2.05, 4.69) is 157 Å². The van der Waals surface area contributed by atoms with Crippen molar-refractivity contribution in [1.29, 1.82) is 0 Å². The van der Waals surface area contributed by atoms with Crippen LogP contribution in [0.4, 0.5) is 0 Å². The van der Waals surface area contributed by atoms with Crippen molar-refractivity contribution in [3.63, 3.8) is 0 Å². The van der Waals surface area contributed by atoms with Gasteiger partial charge in [0.15, 0.2) is 0 Å². The minimum Gasteiger partial charge on any atom is -0.542 e. The number of hydrogen-bond acceptors (Lipinski definition) is 0. The van der Waals surface area contributed by atoms with E-state index in [0.717, 1.165) is 0 Å². The average molecular weight is 1190 g/mol. The molecule has 0 saturated carbocycles. The molecule has 0 atom stereocenters. The van der Waals surface area contributed by atoms with Crippen LogP contribution in [0.3, 0.4) is 0 Å². The molecule has 0 fully saturated rings. The molecule has 0 bridgehead atoms. The Morgan fingerprint density at radius 1 is 0.200 bits per heavy atom. The molecule has 0 N–H and O–H groups in total. The molecule has 0 aliphatic rings. The Balaban J connectivity index is -0.0000000859. The molecule has 0 nitrogen and oxygen atoms in total. The van der Waals surface area contributed by atoms with E-state index in [1.807, 2.05) is 152 Å². The molecule has 0 unspecified atom stereocenters. The summed E-state index contributed by atoms with van der Waals surface area (Å²) in [5.41, 5.74) is 0. The summed E-state index contributed by atoms with van der Waals surface area (Å²) in [6.07, 6.45) is 0. The zero-order chi connectivity index (χ0) is 45.0. The molecule has 0 spiro atoms. The van der Waals surface area contributed by atoms with Crippen LogP contribution in [-0.4, -0.2) is 61.9 Å². The summed E-state index contributed by atoms with van der Waals surface area (Å²) in [5.74, 6) is 0. The number of hydrogen-bond donors (Lipinski definition) is 0. The van der Waals surface area contributed by atoms with E-state index in [0.29, 0.717) is 0 Å². The predicted octanol–water partition coefficient (Wildman–Crippen LogP) is 20.0. The van der Waals surface area contributed by atoms with Crippen molar-refractivity contribution >= 4 is 92.6 Å². The van der Waals surface area contributed by atoms with E-state index >= 15 is 0 Å². The maximum atomic E-state index is 2.45. The topological polar surface area (TPSA) is 0 Å². The van der Waals surface area contributed by atoms with Gasteiger partial charge >= 0.3 is 68.3 Å². The van der Waals surface area contributed by atoms with E-state index in [1.165, 1.54) is 0 Å². The second kappa shape index (κ2) is 41.0. The molecule has 0 saturated heterocycles. The van der Waals surface area contributed by atoms with Crippen LogP contribution in [0.15, 0.2) is 121 Å². The summed E-state index contributed by atoms with van der Waals surface area (Å²) in [6.45, 7) is 58.8. The maximum Gasteiger partial charge on any atom is 2.00 e. The molecular weight excluding hydrogens is 1100 g/mol. The standard InChI is InChI=1S/4C6H18PSi2.4C5H5.4Mn/c4*1-8(2,3)7-9(4,5)6;4*1-2-4-5-3-1;;;;/h4*1-6H3;4*1-5H;;;;/q8*-1;4*+2. The first kappa shape index (κ1) is 80.0. The second-order valence-electron chi connectivity index (χ2n) is 21.7. The first-order valence-electron chi connectivity index (χ1n) is 20.5. The fraction of sp³-hybridized carbons (Fsp3) is 0.545. The van der Waals surface area contributed by atoms with Crippen LogP contribution in [0.5, 0.6) is 0 Å². The van der Waals surface area contributed by atoms with Crippen molar-refractivity contribution in [2.75, 3.05) is 0 Å². The van der Waals surface area contributed by atoms with Crippen LogP contribution in [-0.2, 0) is 68.3 Å². The zero-order valence-corrected chi connectivity index (χ0v) is 59.1. The first-order valence-corrected chi connectivity index (χ1v) is 58.8. The monoisotopic (exact) mass is 1190 g/mol. The second-order valence-corrected chi connectivity index (χ2v) is 100. The molecule has 0 heterocycles. The quantitative estimate of drug-likeness (QED) is 0.0937. The van der Waals surface area contributed by atoms with Crippen molar-refractivity contribution in [3.05, 3.63) is 121 Å². The van der Waals surface area contributed by atoms with E-state index in [9.17, 15) is 0 Å². The summed E-state index contributed by atoms with van der Waals surface area (Å²) in [5, 5.41) is 0. The smallest absolute Gasteiger partial charge is 0.542 e. The Bertz CT molecular complexity index is 979. The van der Waals surface area contributed by atoms with Gasteiger partial charge in [-0.3, -0.25) is 0 Å². The fourth-order valence-electron chi connectivity index (χ4n) is 5.31. The summed E-state index contributed by atoms with van der Waals surface area (Å²) in [6, 6.07) is 40.0. The van der Waals surface area contributed by atoms with Gasteiger partial charge in [-0.1, -0.05) is 157 Å². The SMILES string of the molecule is C[Si](C)(C)[P-][Si](C)(C)C.C[Si](C)(C)[P-][Si](C)(C)C.C[Si](C)(C)[P-][Si](C)(C)C.C[Si](C)(C)[P-][Si](C)(C)C.[Mn+2].[Mn+2].[Mn+2].[Mn+2].c1cc[cH-]c1.c1cc[cH-]c1.c1cc[cH-]c1.c1cc[cH-]c1. The minimum atomic E-state index is -0.759. The number of rotatable bonds is 8. The zero-order valence-electron chi connectivity index (χ0n) is 42.8. The van der Waals surface area contributed by atoms with Crippen LogP contribution in [0.25, 0.3) is 0 Å². The Kier molecular flexibility index (Phi) is 54.6. The third-order valence-corrected chi connectivity index (χ3v) is 74.7. The van der Waals surface area contributed by atoms with Gasteiger partial charge in [0.05, 0.1) is 0 Å². The molecule has 4 aromatic carbocycles. The molecule has 0 amide bonds. The third-order valence-electron chi connectivity index (χ3n) is 4.91. The van der Waals surface area contributed by atoms with Gasteiger partial charge in [0.2, 0.25) is 0 Å². The minimum absolute atomic E-state index is 0. The largest absolute Gasteiger partial charge is 2.00 e.